The molecule has 0 aromatic rings. The summed E-state index contributed by atoms with van der Waals surface area (Å²) in [5.74, 6) is -0.483. The van der Waals surface area contributed by atoms with Crippen LogP contribution in [-0.4, -0.2) is 28.8 Å². The summed E-state index contributed by atoms with van der Waals surface area (Å²) in [7, 11) is 0. The van der Waals surface area contributed by atoms with Crippen molar-refractivity contribution in [3.8, 4) is 0 Å². The number of carbonyl (C=O) groups is 1. The fourth-order valence-corrected chi connectivity index (χ4v) is 1.63. The molecule has 0 aromatic carbocycles. The lowest BCUT2D eigenvalue weighted by Gasteiger charge is -2.21. The van der Waals surface area contributed by atoms with Crippen LogP contribution in [0.15, 0.2) is 0 Å². The van der Waals surface area contributed by atoms with Crippen molar-refractivity contribution < 1.29 is 14.6 Å². The van der Waals surface area contributed by atoms with Crippen LogP contribution in [0.4, 0.5) is 0 Å². The molecule has 0 aliphatic heterocycles. The van der Waals surface area contributed by atoms with E-state index in [0.29, 0.717) is 12.8 Å². The van der Waals surface area contributed by atoms with E-state index in [1.54, 1.807) is 0 Å². The first-order valence-electron chi connectivity index (χ1n) is 4.96. The third kappa shape index (κ3) is 4.36. The van der Waals surface area contributed by atoms with Crippen LogP contribution in [0.5, 0.6) is 0 Å². The predicted octanol–water partition coefficient (Wildman–Crippen LogP) is 0.848. The van der Waals surface area contributed by atoms with E-state index < -0.39 is 11.7 Å². The molecule has 0 amide bonds. The number of carbonyl (C=O) groups excluding carboxylic acids is 1. The third-order valence-electron chi connectivity index (χ3n) is 2.32. The Bertz CT molecular complexity index is 217. The van der Waals surface area contributed by atoms with Gasteiger partial charge in [0, 0.05) is 6.04 Å². The molecule has 1 aliphatic rings. The summed E-state index contributed by atoms with van der Waals surface area (Å²) >= 11 is 0. The highest BCUT2D eigenvalue weighted by molar-refractivity contribution is 5.85. The molecular formula is C10H20ClNO3. The van der Waals surface area contributed by atoms with Crippen molar-refractivity contribution in [3.05, 3.63) is 0 Å². The van der Waals surface area contributed by atoms with Crippen LogP contribution in [0, 0.1) is 5.92 Å². The van der Waals surface area contributed by atoms with Gasteiger partial charge in [-0.25, -0.2) is 0 Å². The molecule has 5 heteroatoms. The van der Waals surface area contributed by atoms with E-state index in [1.165, 1.54) is 0 Å². The highest BCUT2D eigenvalue weighted by atomic mass is 35.5. The molecule has 1 saturated carbocycles. The van der Waals surface area contributed by atoms with E-state index >= 15 is 0 Å². The first kappa shape index (κ1) is 14.7. The Morgan fingerprint density at radius 3 is 2.27 bits per heavy atom. The van der Waals surface area contributed by atoms with Gasteiger partial charge in [-0.15, -0.1) is 12.4 Å². The van der Waals surface area contributed by atoms with Crippen LogP contribution in [0.1, 0.15) is 33.6 Å². The monoisotopic (exact) mass is 237 g/mol. The fourth-order valence-electron chi connectivity index (χ4n) is 1.63. The third-order valence-corrected chi connectivity index (χ3v) is 2.32. The zero-order valence-electron chi connectivity index (χ0n) is 9.40. The van der Waals surface area contributed by atoms with Crippen LogP contribution in [-0.2, 0) is 9.53 Å². The van der Waals surface area contributed by atoms with Gasteiger partial charge in [-0.2, -0.15) is 0 Å². The van der Waals surface area contributed by atoms with Gasteiger partial charge in [0.25, 0.3) is 0 Å². The molecule has 0 aromatic heterocycles. The zero-order chi connectivity index (χ0) is 10.9. The van der Waals surface area contributed by atoms with Crippen molar-refractivity contribution in [2.24, 2.45) is 11.7 Å². The largest absolute Gasteiger partial charge is 0.460 e. The molecule has 3 N–H and O–H groups in total. The summed E-state index contributed by atoms with van der Waals surface area (Å²) in [4.78, 5) is 11.6. The lowest BCUT2D eigenvalue weighted by molar-refractivity contribution is -0.160. The first-order valence-corrected chi connectivity index (χ1v) is 4.96. The lowest BCUT2D eigenvalue weighted by Crippen LogP contribution is -2.29. The smallest absolute Gasteiger partial charge is 0.309 e. The van der Waals surface area contributed by atoms with Gasteiger partial charge in [-0.1, -0.05) is 0 Å². The second kappa shape index (κ2) is 5.14. The Morgan fingerprint density at radius 1 is 1.40 bits per heavy atom. The maximum Gasteiger partial charge on any atom is 0.309 e. The summed E-state index contributed by atoms with van der Waals surface area (Å²) in [6.07, 6.45) is 0.388. The Kier molecular flexibility index (Phi) is 5.03. The van der Waals surface area contributed by atoms with E-state index in [1.807, 2.05) is 20.8 Å². The molecule has 4 nitrogen and oxygen atoms in total. The zero-order valence-corrected chi connectivity index (χ0v) is 10.2. The summed E-state index contributed by atoms with van der Waals surface area (Å²) in [6.45, 7) is 5.49. The van der Waals surface area contributed by atoms with Crippen molar-refractivity contribution >= 4 is 18.4 Å². The average Bonchev–Trinajstić information content (AvgIpc) is 2.28. The predicted molar refractivity (Wildman–Crippen MR) is 59.8 cm³/mol. The van der Waals surface area contributed by atoms with Gasteiger partial charge in [-0.05, 0) is 33.6 Å². The Hall–Kier alpha value is -0.320. The summed E-state index contributed by atoms with van der Waals surface area (Å²) in [6, 6.07) is -0.285. The number of hydrogen-bond donors (Lipinski definition) is 2. The normalized spacial score (nSPS) is 30.9. The molecule has 1 fully saturated rings. The SMILES string of the molecule is CC(C)(C)OC(=O)C1CC(N)C(O)C1.Cl. The topological polar surface area (TPSA) is 72.5 Å². The quantitative estimate of drug-likeness (QED) is 0.664. The van der Waals surface area contributed by atoms with Crippen molar-refractivity contribution in [3.63, 3.8) is 0 Å². The number of rotatable bonds is 1. The van der Waals surface area contributed by atoms with Crippen LogP contribution < -0.4 is 5.73 Å². The Morgan fingerprint density at radius 2 is 1.93 bits per heavy atom. The number of nitrogens with two attached hydrogens (primary N) is 1. The van der Waals surface area contributed by atoms with E-state index in [4.69, 9.17) is 10.5 Å². The molecule has 3 atom stereocenters. The standard InChI is InChI=1S/C10H19NO3.ClH/c1-10(2,3)14-9(13)6-4-7(11)8(12)5-6;/h6-8,12H,4-5,11H2,1-3H3;1H. The van der Waals surface area contributed by atoms with Gasteiger partial charge in [-0.3, -0.25) is 4.79 Å². The van der Waals surface area contributed by atoms with Crippen LogP contribution in [0.3, 0.4) is 0 Å². The van der Waals surface area contributed by atoms with E-state index in [0.717, 1.165) is 0 Å². The van der Waals surface area contributed by atoms with Gasteiger partial charge >= 0.3 is 5.97 Å². The van der Waals surface area contributed by atoms with E-state index in [2.05, 4.69) is 0 Å². The number of halogens is 1. The summed E-state index contributed by atoms with van der Waals surface area (Å²) in [5, 5.41) is 9.38. The Balaban J connectivity index is 0.00000196. The number of esters is 1. The molecule has 1 aliphatic carbocycles. The average molecular weight is 238 g/mol. The molecule has 0 bridgehead atoms. The van der Waals surface area contributed by atoms with Crippen LogP contribution >= 0.6 is 12.4 Å². The second-order valence-corrected chi connectivity index (χ2v) is 4.93. The highest BCUT2D eigenvalue weighted by Gasteiger charge is 2.36. The van der Waals surface area contributed by atoms with Crippen molar-refractivity contribution in [2.75, 3.05) is 0 Å². The minimum atomic E-state index is -0.562. The molecule has 3 unspecified atom stereocenters. The van der Waals surface area contributed by atoms with Crippen LogP contribution in [0.2, 0.25) is 0 Å². The molecule has 1 rings (SSSR count). The van der Waals surface area contributed by atoms with Gasteiger partial charge in [0.15, 0.2) is 0 Å². The minimum absolute atomic E-state index is 0. The second-order valence-electron chi connectivity index (χ2n) is 4.93. The maximum atomic E-state index is 11.6. The molecule has 15 heavy (non-hydrogen) atoms. The molecule has 0 spiro atoms. The molecule has 90 valence electrons. The van der Waals surface area contributed by atoms with Crippen molar-refractivity contribution in [2.45, 2.75) is 51.4 Å². The van der Waals surface area contributed by atoms with Crippen molar-refractivity contribution in [1.82, 2.24) is 0 Å². The number of aliphatic hydroxyl groups excluding tert-OH is 1. The van der Waals surface area contributed by atoms with Gasteiger partial charge < -0.3 is 15.6 Å². The molecule has 0 saturated heterocycles. The number of hydrogen-bond acceptors (Lipinski definition) is 4. The van der Waals surface area contributed by atoms with Gasteiger partial charge in [0.1, 0.15) is 5.60 Å². The maximum absolute atomic E-state index is 11.6. The number of aliphatic hydroxyl groups is 1. The molecular weight excluding hydrogens is 218 g/mol. The fraction of sp³-hybridized carbons (Fsp3) is 0.900. The summed E-state index contributed by atoms with van der Waals surface area (Å²) < 4.78 is 5.21. The lowest BCUT2D eigenvalue weighted by atomic mass is 10.1. The van der Waals surface area contributed by atoms with Gasteiger partial charge in [0.05, 0.1) is 12.0 Å². The van der Waals surface area contributed by atoms with Crippen molar-refractivity contribution in [1.29, 1.82) is 0 Å². The summed E-state index contributed by atoms with van der Waals surface area (Å²) in [5.41, 5.74) is 5.15. The highest BCUT2D eigenvalue weighted by Crippen LogP contribution is 2.27. The molecule has 0 radical (unpaired) electrons. The first-order chi connectivity index (χ1) is 6.29. The minimum Gasteiger partial charge on any atom is -0.460 e. The van der Waals surface area contributed by atoms with E-state index in [-0.39, 0.29) is 30.3 Å². The van der Waals surface area contributed by atoms with Crippen LogP contribution in [0.25, 0.3) is 0 Å². The van der Waals surface area contributed by atoms with Gasteiger partial charge in [0.2, 0.25) is 0 Å². The molecule has 0 heterocycles. The Labute approximate surface area is 96.6 Å². The van der Waals surface area contributed by atoms with E-state index in [9.17, 15) is 9.90 Å². The number of ether oxygens (including phenoxy) is 1.